The number of anilines is 1. The number of nitrogens with one attached hydrogen (secondary N) is 2. The molecule has 0 aromatic carbocycles. The zero-order chi connectivity index (χ0) is 14.8. The number of hydrogen-bond acceptors (Lipinski definition) is 5. The minimum Gasteiger partial charge on any atom is -0.362 e. The third-order valence-electron chi connectivity index (χ3n) is 3.67. The average Bonchev–Trinajstić information content (AvgIpc) is 3.02. The molecule has 1 aliphatic rings. The summed E-state index contributed by atoms with van der Waals surface area (Å²) in [5, 5.41) is 10.4. The molecule has 6 nitrogen and oxygen atoms in total. The molecule has 0 unspecified atom stereocenters. The molecule has 0 saturated heterocycles. The highest BCUT2D eigenvalue weighted by molar-refractivity contribution is 7.11. The summed E-state index contributed by atoms with van der Waals surface area (Å²) in [6, 6.07) is -0.258. The van der Waals surface area contributed by atoms with Crippen LogP contribution in [0.5, 0.6) is 0 Å². The Labute approximate surface area is 126 Å². The number of urea groups is 1. The minimum absolute atomic E-state index is 0.258. The standard InChI is InChI=1S/C14H18N4O2S/c1-8-7-20-18-13(8)17-14(19)15-6-10-4-3-5-11-12(10)16-9(2)21-11/h7,10H,3-6H2,1-2H3,(H2,15,17,18,19)/t10-/m0/s1. The number of aromatic nitrogens is 2. The van der Waals surface area contributed by atoms with Crippen molar-refractivity contribution in [3.05, 3.63) is 27.4 Å². The highest BCUT2D eigenvalue weighted by atomic mass is 32.1. The van der Waals surface area contributed by atoms with Crippen LogP contribution in [0.25, 0.3) is 0 Å². The summed E-state index contributed by atoms with van der Waals surface area (Å²) in [5.41, 5.74) is 1.97. The maximum Gasteiger partial charge on any atom is 0.320 e. The van der Waals surface area contributed by atoms with Crippen molar-refractivity contribution < 1.29 is 9.32 Å². The first-order valence-electron chi connectivity index (χ1n) is 7.05. The van der Waals surface area contributed by atoms with Crippen LogP contribution in [0.3, 0.4) is 0 Å². The molecule has 0 aliphatic heterocycles. The predicted molar refractivity (Wildman–Crippen MR) is 80.8 cm³/mol. The number of thiazole rings is 1. The Kier molecular flexibility index (Phi) is 3.92. The molecule has 0 saturated carbocycles. The normalized spacial score (nSPS) is 17.3. The number of carbonyl (C=O) groups is 1. The molecule has 112 valence electrons. The van der Waals surface area contributed by atoms with Gasteiger partial charge in [0.25, 0.3) is 0 Å². The van der Waals surface area contributed by atoms with E-state index in [9.17, 15) is 4.79 Å². The van der Waals surface area contributed by atoms with Gasteiger partial charge >= 0.3 is 6.03 Å². The van der Waals surface area contributed by atoms with Gasteiger partial charge in [-0.1, -0.05) is 5.16 Å². The highest BCUT2D eigenvalue weighted by Gasteiger charge is 2.24. The number of carbonyl (C=O) groups excluding carboxylic acids is 1. The van der Waals surface area contributed by atoms with Crippen molar-refractivity contribution >= 4 is 23.2 Å². The van der Waals surface area contributed by atoms with E-state index in [1.165, 1.54) is 16.8 Å². The van der Waals surface area contributed by atoms with Crippen LogP contribution in [0.1, 0.15) is 39.9 Å². The Morgan fingerprint density at radius 2 is 2.38 bits per heavy atom. The molecular weight excluding hydrogens is 288 g/mol. The molecule has 7 heteroatoms. The summed E-state index contributed by atoms with van der Waals surface area (Å²) < 4.78 is 4.79. The molecule has 21 heavy (non-hydrogen) atoms. The quantitative estimate of drug-likeness (QED) is 0.913. The van der Waals surface area contributed by atoms with Crippen molar-refractivity contribution in [3.8, 4) is 0 Å². The molecule has 2 aromatic heterocycles. The fraction of sp³-hybridized carbons (Fsp3) is 0.500. The monoisotopic (exact) mass is 306 g/mol. The van der Waals surface area contributed by atoms with Crippen LogP contribution >= 0.6 is 11.3 Å². The SMILES string of the molecule is Cc1nc2c(s1)CCC[C@H]2CNC(=O)Nc1nocc1C. The van der Waals surface area contributed by atoms with E-state index in [4.69, 9.17) is 4.52 Å². The molecule has 0 spiro atoms. The first-order valence-corrected chi connectivity index (χ1v) is 7.87. The smallest absolute Gasteiger partial charge is 0.320 e. The summed E-state index contributed by atoms with van der Waals surface area (Å²) in [5.74, 6) is 0.768. The predicted octanol–water partition coefficient (Wildman–Crippen LogP) is 2.99. The second kappa shape index (κ2) is 5.85. The Morgan fingerprint density at radius 1 is 1.52 bits per heavy atom. The number of fused-ring (bicyclic) bond motifs is 1. The Morgan fingerprint density at radius 3 is 3.14 bits per heavy atom. The molecule has 2 aromatic rings. The Hall–Kier alpha value is -1.89. The van der Waals surface area contributed by atoms with Gasteiger partial charge < -0.3 is 9.84 Å². The van der Waals surface area contributed by atoms with E-state index in [1.54, 1.807) is 11.3 Å². The Bertz CT molecular complexity index is 649. The van der Waals surface area contributed by atoms with Crippen molar-refractivity contribution in [3.63, 3.8) is 0 Å². The van der Waals surface area contributed by atoms with Crippen LogP contribution < -0.4 is 10.6 Å². The average molecular weight is 306 g/mol. The molecule has 0 fully saturated rings. The van der Waals surface area contributed by atoms with Crippen LogP contribution in [-0.2, 0) is 6.42 Å². The lowest BCUT2D eigenvalue weighted by atomic mass is 9.91. The fourth-order valence-electron chi connectivity index (χ4n) is 2.60. The van der Waals surface area contributed by atoms with E-state index in [1.807, 2.05) is 13.8 Å². The molecule has 0 radical (unpaired) electrons. The van der Waals surface area contributed by atoms with Crippen molar-refractivity contribution in [2.45, 2.75) is 39.0 Å². The maximum absolute atomic E-state index is 11.9. The van der Waals surface area contributed by atoms with Crippen LogP contribution in [0, 0.1) is 13.8 Å². The maximum atomic E-state index is 11.9. The number of hydrogen-bond donors (Lipinski definition) is 2. The minimum atomic E-state index is -0.258. The van der Waals surface area contributed by atoms with E-state index in [-0.39, 0.29) is 6.03 Å². The van der Waals surface area contributed by atoms with E-state index in [0.29, 0.717) is 18.3 Å². The van der Waals surface area contributed by atoms with Crippen molar-refractivity contribution in [1.82, 2.24) is 15.5 Å². The first kappa shape index (κ1) is 14.1. The lowest BCUT2D eigenvalue weighted by Crippen LogP contribution is -2.33. The molecule has 0 bridgehead atoms. The molecule has 3 rings (SSSR count). The van der Waals surface area contributed by atoms with Gasteiger partial charge in [0.15, 0.2) is 5.82 Å². The van der Waals surface area contributed by atoms with Gasteiger partial charge in [-0.05, 0) is 33.1 Å². The lowest BCUT2D eigenvalue weighted by Gasteiger charge is -2.21. The van der Waals surface area contributed by atoms with Gasteiger partial charge in [-0.25, -0.2) is 9.78 Å². The topological polar surface area (TPSA) is 80.0 Å². The zero-order valence-electron chi connectivity index (χ0n) is 12.1. The third kappa shape index (κ3) is 3.07. The number of aryl methyl sites for hydroxylation is 3. The van der Waals surface area contributed by atoms with Crippen LogP contribution in [0.2, 0.25) is 0 Å². The van der Waals surface area contributed by atoms with Gasteiger partial charge in [0, 0.05) is 22.9 Å². The summed E-state index contributed by atoms with van der Waals surface area (Å²) in [6.07, 6.45) is 4.84. The van der Waals surface area contributed by atoms with Gasteiger partial charge in [-0.3, -0.25) is 5.32 Å². The van der Waals surface area contributed by atoms with Gasteiger partial charge in [0.05, 0.1) is 10.7 Å². The van der Waals surface area contributed by atoms with Crippen LogP contribution in [-0.4, -0.2) is 22.7 Å². The second-order valence-corrected chi connectivity index (χ2v) is 6.60. The van der Waals surface area contributed by atoms with Crippen molar-refractivity contribution in [1.29, 1.82) is 0 Å². The largest absolute Gasteiger partial charge is 0.362 e. The van der Waals surface area contributed by atoms with E-state index < -0.39 is 0 Å². The van der Waals surface area contributed by atoms with E-state index in [0.717, 1.165) is 29.8 Å². The molecule has 1 aliphatic carbocycles. The van der Waals surface area contributed by atoms with Crippen molar-refractivity contribution in [2.75, 3.05) is 11.9 Å². The van der Waals surface area contributed by atoms with Crippen LogP contribution in [0.15, 0.2) is 10.8 Å². The number of amides is 2. The van der Waals surface area contributed by atoms with E-state index >= 15 is 0 Å². The molecule has 1 atom stereocenters. The van der Waals surface area contributed by atoms with E-state index in [2.05, 4.69) is 20.8 Å². The summed E-state index contributed by atoms with van der Waals surface area (Å²) in [7, 11) is 0. The van der Waals surface area contributed by atoms with Gasteiger partial charge in [-0.15, -0.1) is 11.3 Å². The zero-order valence-corrected chi connectivity index (χ0v) is 12.9. The van der Waals surface area contributed by atoms with Crippen LogP contribution in [0.4, 0.5) is 10.6 Å². The van der Waals surface area contributed by atoms with Gasteiger partial charge in [0.1, 0.15) is 6.26 Å². The summed E-state index contributed by atoms with van der Waals surface area (Å²) in [4.78, 5) is 17.9. The molecule has 2 heterocycles. The summed E-state index contributed by atoms with van der Waals surface area (Å²) >= 11 is 1.77. The highest BCUT2D eigenvalue weighted by Crippen LogP contribution is 2.34. The molecule has 2 amide bonds. The second-order valence-electron chi connectivity index (χ2n) is 5.31. The lowest BCUT2D eigenvalue weighted by molar-refractivity contribution is 0.250. The number of nitrogens with zero attached hydrogens (tertiary/aromatic N) is 2. The number of rotatable bonds is 3. The molecular formula is C14H18N4O2S. The third-order valence-corrected chi connectivity index (χ3v) is 4.71. The first-order chi connectivity index (χ1) is 10.1. The molecule has 2 N–H and O–H groups in total. The van der Waals surface area contributed by atoms with Gasteiger partial charge in [-0.2, -0.15) is 0 Å². The summed E-state index contributed by atoms with van der Waals surface area (Å²) in [6.45, 7) is 4.46. The van der Waals surface area contributed by atoms with Gasteiger partial charge in [0.2, 0.25) is 0 Å². The fourth-order valence-corrected chi connectivity index (χ4v) is 3.67. The Balaban J connectivity index is 1.58. The van der Waals surface area contributed by atoms with Crippen molar-refractivity contribution in [2.24, 2.45) is 0 Å².